The van der Waals surface area contributed by atoms with Gasteiger partial charge in [-0.15, -0.1) is 5.10 Å². The lowest BCUT2D eigenvalue weighted by molar-refractivity contribution is -0.143. The predicted molar refractivity (Wildman–Crippen MR) is 170 cm³/mol. The highest BCUT2D eigenvalue weighted by Gasteiger charge is 2.36. The van der Waals surface area contributed by atoms with E-state index in [0.29, 0.717) is 57.9 Å². The number of fused-ring (bicyclic) bond motifs is 1. The van der Waals surface area contributed by atoms with E-state index in [-0.39, 0.29) is 6.10 Å². The highest BCUT2D eigenvalue weighted by atomic mass is 35.5. The van der Waals surface area contributed by atoms with Crippen LogP contribution < -0.4 is 14.8 Å². The smallest absolute Gasteiger partial charge is 0.338 e. The molecule has 1 aliphatic heterocycles. The van der Waals surface area contributed by atoms with E-state index in [4.69, 9.17) is 35.9 Å². The molecule has 0 spiro atoms. The van der Waals surface area contributed by atoms with E-state index in [1.165, 1.54) is 17.3 Å². The second-order valence-corrected chi connectivity index (χ2v) is 11.8. The molecule has 2 heterocycles. The molecule has 3 aromatic carbocycles. The molecule has 1 unspecified atom stereocenters. The van der Waals surface area contributed by atoms with Crippen LogP contribution in [-0.4, -0.2) is 33.4 Å². The van der Waals surface area contributed by atoms with Gasteiger partial charge in [-0.3, -0.25) is 0 Å². The number of carbonyl (C=O) groups excluding carboxylic acids is 1. The van der Waals surface area contributed by atoms with E-state index in [9.17, 15) is 4.79 Å². The Bertz CT molecular complexity index is 1630. The van der Waals surface area contributed by atoms with Gasteiger partial charge in [-0.05, 0) is 69.5 Å². The van der Waals surface area contributed by atoms with Crippen molar-refractivity contribution in [1.29, 1.82) is 0 Å². The average molecular weight is 619 g/mol. The zero-order chi connectivity index (χ0) is 30.5. The van der Waals surface area contributed by atoms with Crippen LogP contribution in [0.15, 0.2) is 83.2 Å². The largest absolute Gasteiger partial charge is 0.490 e. The van der Waals surface area contributed by atoms with Crippen molar-refractivity contribution >= 4 is 35.3 Å². The summed E-state index contributed by atoms with van der Waals surface area (Å²) in [4.78, 5) is 18.2. The number of carbonyl (C=O) groups is 1. The van der Waals surface area contributed by atoms with Crippen molar-refractivity contribution in [3.05, 3.63) is 105 Å². The highest BCUT2D eigenvalue weighted by molar-refractivity contribution is 7.98. The molecule has 10 heteroatoms. The number of benzene rings is 3. The van der Waals surface area contributed by atoms with Crippen molar-refractivity contribution in [1.82, 2.24) is 14.8 Å². The molecular weight excluding hydrogens is 584 g/mol. The molecule has 8 nitrogen and oxygen atoms in total. The Hall–Kier alpha value is -3.95. The Kier molecular flexibility index (Phi) is 9.62. The predicted octanol–water partition coefficient (Wildman–Crippen LogP) is 7.75. The lowest BCUT2D eigenvalue weighted by Crippen LogP contribution is -2.30. The topological polar surface area (TPSA) is 87.5 Å². The third kappa shape index (κ3) is 7.17. The number of halogens is 1. The van der Waals surface area contributed by atoms with Gasteiger partial charge >= 0.3 is 5.97 Å². The summed E-state index contributed by atoms with van der Waals surface area (Å²) in [5.74, 6) is 1.90. The van der Waals surface area contributed by atoms with Crippen molar-refractivity contribution < 1.29 is 19.0 Å². The van der Waals surface area contributed by atoms with E-state index >= 15 is 0 Å². The van der Waals surface area contributed by atoms with Crippen molar-refractivity contribution in [3.63, 3.8) is 0 Å². The van der Waals surface area contributed by atoms with Gasteiger partial charge in [-0.1, -0.05) is 77.5 Å². The number of nitrogens with one attached hydrogen (secondary N) is 1. The van der Waals surface area contributed by atoms with Crippen LogP contribution in [0.3, 0.4) is 0 Å². The number of allylic oxidation sites excluding steroid dienone is 1. The van der Waals surface area contributed by atoms with Crippen LogP contribution in [0, 0.1) is 6.92 Å². The summed E-state index contributed by atoms with van der Waals surface area (Å²) in [6.07, 6.45) is -0.288. The molecule has 0 radical (unpaired) electrons. The number of nitrogens with zero attached hydrogens (tertiary/aromatic N) is 3. The number of hydrogen-bond donors (Lipinski definition) is 1. The first-order valence-corrected chi connectivity index (χ1v) is 15.6. The standard InChI is InChI=1S/C33H35ClN4O4S/c1-6-40-28-17-24(15-16-27(28)41-18-23-13-11-21(4)12-14-23)30-29(31(39)42-20(2)3)22(5)35-32-36-33(37-38(30)32)43-19-25-9-7-8-10-26(25)34/h7-17,20,30H,6,18-19H2,1-5H3,(H,35,36,37). The van der Waals surface area contributed by atoms with Gasteiger partial charge in [-0.25, -0.2) is 9.48 Å². The van der Waals surface area contributed by atoms with Gasteiger partial charge in [0.25, 0.3) is 0 Å². The van der Waals surface area contributed by atoms with E-state index in [0.717, 1.165) is 16.7 Å². The number of anilines is 1. The zero-order valence-corrected chi connectivity index (χ0v) is 26.5. The maximum Gasteiger partial charge on any atom is 0.338 e. The van der Waals surface area contributed by atoms with E-state index in [1.807, 2.05) is 82.3 Å². The number of aromatic nitrogens is 3. The zero-order valence-electron chi connectivity index (χ0n) is 24.9. The Morgan fingerprint density at radius 3 is 2.53 bits per heavy atom. The molecule has 1 aromatic heterocycles. The fraction of sp³-hybridized carbons (Fsp3) is 0.303. The molecule has 1 N–H and O–H groups in total. The van der Waals surface area contributed by atoms with Gasteiger partial charge in [0.2, 0.25) is 11.1 Å². The van der Waals surface area contributed by atoms with Gasteiger partial charge < -0.3 is 19.5 Å². The summed E-state index contributed by atoms with van der Waals surface area (Å²) in [7, 11) is 0. The summed E-state index contributed by atoms with van der Waals surface area (Å²) in [6, 6.07) is 21.0. The van der Waals surface area contributed by atoms with Gasteiger partial charge in [0.1, 0.15) is 12.6 Å². The Morgan fingerprint density at radius 1 is 1.05 bits per heavy atom. The lowest BCUT2D eigenvalue weighted by atomic mass is 9.95. The molecule has 1 atom stereocenters. The molecule has 5 rings (SSSR count). The molecule has 1 aliphatic rings. The van der Waals surface area contributed by atoms with Crippen LogP contribution >= 0.6 is 23.4 Å². The SMILES string of the molecule is CCOc1cc(C2C(C(=O)OC(C)C)=C(C)Nc3nc(SCc4ccccc4Cl)nn32)ccc1OCc1ccc(C)cc1. The minimum Gasteiger partial charge on any atom is -0.490 e. The van der Waals surface area contributed by atoms with Crippen LogP contribution in [0.2, 0.25) is 5.02 Å². The van der Waals surface area contributed by atoms with E-state index in [2.05, 4.69) is 24.4 Å². The Morgan fingerprint density at radius 2 is 1.81 bits per heavy atom. The molecule has 4 aromatic rings. The summed E-state index contributed by atoms with van der Waals surface area (Å²) in [5.41, 5.74) is 5.13. The minimum absolute atomic E-state index is 0.288. The third-order valence-electron chi connectivity index (χ3n) is 6.81. The van der Waals surface area contributed by atoms with Crippen molar-refractivity contribution in [2.45, 2.75) is 64.3 Å². The quantitative estimate of drug-likeness (QED) is 0.135. The summed E-state index contributed by atoms with van der Waals surface area (Å²) < 4.78 is 19.6. The van der Waals surface area contributed by atoms with Gasteiger partial charge in [0, 0.05) is 16.5 Å². The van der Waals surface area contributed by atoms with Gasteiger partial charge in [0.15, 0.2) is 11.5 Å². The molecular formula is C33H35ClN4O4S. The second-order valence-electron chi connectivity index (χ2n) is 10.5. The lowest BCUT2D eigenvalue weighted by Gasteiger charge is -2.29. The summed E-state index contributed by atoms with van der Waals surface area (Å²) >= 11 is 7.85. The maximum absolute atomic E-state index is 13.5. The fourth-order valence-corrected chi connectivity index (χ4v) is 5.84. The first-order chi connectivity index (χ1) is 20.7. The fourth-order valence-electron chi connectivity index (χ4n) is 4.73. The van der Waals surface area contributed by atoms with Crippen LogP contribution in [0.4, 0.5) is 5.95 Å². The van der Waals surface area contributed by atoms with E-state index in [1.54, 1.807) is 4.68 Å². The number of ether oxygens (including phenoxy) is 3. The number of hydrogen-bond acceptors (Lipinski definition) is 8. The van der Waals surface area contributed by atoms with Crippen molar-refractivity contribution in [2.24, 2.45) is 0 Å². The summed E-state index contributed by atoms with van der Waals surface area (Å²) in [5, 5.41) is 9.34. The van der Waals surface area contributed by atoms with Gasteiger partial charge in [-0.2, -0.15) is 4.98 Å². The third-order valence-corrected chi connectivity index (χ3v) is 8.06. The molecule has 0 saturated carbocycles. The van der Waals surface area contributed by atoms with E-state index < -0.39 is 12.0 Å². The van der Waals surface area contributed by atoms with Crippen LogP contribution in [-0.2, 0) is 21.9 Å². The molecule has 0 amide bonds. The molecule has 0 fully saturated rings. The normalized spacial score (nSPS) is 14.3. The number of aryl methyl sites for hydroxylation is 1. The molecule has 0 bridgehead atoms. The molecule has 0 saturated heterocycles. The number of rotatable bonds is 11. The maximum atomic E-state index is 13.5. The average Bonchev–Trinajstić information content (AvgIpc) is 3.38. The molecule has 43 heavy (non-hydrogen) atoms. The van der Waals surface area contributed by atoms with Crippen molar-refractivity contribution in [3.8, 4) is 11.5 Å². The number of esters is 1. The number of thioether (sulfide) groups is 1. The van der Waals surface area contributed by atoms with Crippen LogP contribution in [0.1, 0.15) is 56.0 Å². The minimum atomic E-state index is -0.602. The highest BCUT2D eigenvalue weighted by Crippen LogP contribution is 2.40. The Balaban J connectivity index is 1.49. The Labute approximate surface area is 261 Å². The first-order valence-electron chi connectivity index (χ1n) is 14.2. The second kappa shape index (κ2) is 13.6. The van der Waals surface area contributed by atoms with Crippen molar-refractivity contribution in [2.75, 3.05) is 11.9 Å². The van der Waals surface area contributed by atoms with Crippen LogP contribution in [0.5, 0.6) is 11.5 Å². The van der Waals surface area contributed by atoms with Gasteiger partial charge in [0.05, 0.1) is 18.3 Å². The first kappa shape index (κ1) is 30.5. The monoisotopic (exact) mass is 618 g/mol. The molecule has 224 valence electrons. The summed E-state index contributed by atoms with van der Waals surface area (Å²) in [6.45, 7) is 10.3. The molecule has 0 aliphatic carbocycles. The van der Waals surface area contributed by atoms with Crippen LogP contribution in [0.25, 0.3) is 0 Å².